The van der Waals surface area contributed by atoms with Crippen LogP contribution in [0.1, 0.15) is 27.2 Å². The minimum Gasteiger partial charge on any atom is -0.467 e. The molecule has 4 nitrogen and oxygen atoms in total. The van der Waals surface area contributed by atoms with E-state index in [-0.39, 0.29) is 18.0 Å². The van der Waals surface area contributed by atoms with Gasteiger partial charge in [0.25, 0.3) is 0 Å². The molecule has 0 amide bonds. The van der Waals surface area contributed by atoms with Gasteiger partial charge < -0.3 is 14.2 Å². The number of rotatable bonds is 2. The van der Waals surface area contributed by atoms with Crippen LogP contribution in [0.25, 0.3) is 0 Å². The summed E-state index contributed by atoms with van der Waals surface area (Å²) in [6.07, 6.45) is 0.751. The highest BCUT2D eigenvalue weighted by Gasteiger charge is 2.80. The summed E-state index contributed by atoms with van der Waals surface area (Å²) in [7, 11) is 1.41. The van der Waals surface area contributed by atoms with Gasteiger partial charge in [0.2, 0.25) is 0 Å². The Balaban J connectivity index is 2.30. The summed E-state index contributed by atoms with van der Waals surface area (Å²) in [4.78, 5) is 11.8. The number of epoxide rings is 1. The Morgan fingerprint density at radius 3 is 2.60 bits per heavy atom. The molecular weight excluding hydrogens is 196 g/mol. The van der Waals surface area contributed by atoms with Gasteiger partial charge in [0.15, 0.2) is 5.60 Å². The highest BCUT2D eigenvalue weighted by atomic mass is 16.7. The Kier molecular flexibility index (Phi) is 2.32. The number of hydrogen-bond acceptors (Lipinski definition) is 4. The van der Waals surface area contributed by atoms with Crippen molar-refractivity contribution in [2.75, 3.05) is 13.7 Å². The first-order chi connectivity index (χ1) is 7.01. The third-order valence-corrected chi connectivity index (χ3v) is 3.73. The van der Waals surface area contributed by atoms with E-state index >= 15 is 0 Å². The Labute approximate surface area is 89.9 Å². The molecule has 3 unspecified atom stereocenters. The lowest BCUT2D eigenvalue weighted by Crippen LogP contribution is -2.43. The number of ether oxygens (including phenoxy) is 3. The van der Waals surface area contributed by atoms with Gasteiger partial charge in [-0.2, -0.15) is 0 Å². The highest BCUT2D eigenvalue weighted by Crippen LogP contribution is 2.60. The molecule has 1 spiro atoms. The normalized spacial score (nSPS) is 43.7. The molecule has 2 aliphatic rings. The lowest BCUT2D eigenvalue weighted by molar-refractivity contribution is -0.148. The monoisotopic (exact) mass is 214 g/mol. The van der Waals surface area contributed by atoms with Crippen molar-refractivity contribution in [2.24, 2.45) is 5.92 Å². The second-order valence-corrected chi connectivity index (χ2v) is 4.64. The molecule has 0 aromatic carbocycles. The Hall–Kier alpha value is -0.610. The second kappa shape index (κ2) is 3.19. The average Bonchev–Trinajstić information content (AvgIpc) is 2.76. The lowest BCUT2D eigenvalue weighted by Gasteiger charge is -2.19. The zero-order valence-corrected chi connectivity index (χ0v) is 9.70. The van der Waals surface area contributed by atoms with Crippen LogP contribution in [-0.2, 0) is 19.0 Å². The zero-order valence-electron chi connectivity index (χ0n) is 9.70. The lowest BCUT2D eigenvalue weighted by atomic mass is 9.80. The van der Waals surface area contributed by atoms with E-state index in [1.54, 1.807) is 0 Å². The van der Waals surface area contributed by atoms with E-state index in [4.69, 9.17) is 14.2 Å². The molecule has 2 fully saturated rings. The molecule has 15 heavy (non-hydrogen) atoms. The first-order valence-corrected chi connectivity index (χ1v) is 5.41. The molecule has 0 aromatic heterocycles. The van der Waals surface area contributed by atoms with E-state index in [0.717, 1.165) is 6.42 Å². The van der Waals surface area contributed by atoms with E-state index < -0.39 is 11.2 Å². The van der Waals surface area contributed by atoms with Gasteiger partial charge in [-0.15, -0.1) is 0 Å². The van der Waals surface area contributed by atoms with Crippen molar-refractivity contribution >= 4 is 5.97 Å². The van der Waals surface area contributed by atoms with Crippen molar-refractivity contribution in [2.45, 2.75) is 44.5 Å². The summed E-state index contributed by atoms with van der Waals surface area (Å²) in [5, 5.41) is 0. The topological polar surface area (TPSA) is 48.1 Å². The zero-order chi connectivity index (χ0) is 11.3. The first-order valence-electron chi connectivity index (χ1n) is 5.41. The third-order valence-electron chi connectivity index (χ3n) is 3.73. The minimum absolute atomic E-state index is 0.0287. The van der Waals surface area contributed by atoms with Crippen molar-refractivity contribution in [3.8, 4) is 0 Å². The molecule has 0 bridgehead atoms. The van der Waals surface area contributed by atoms with Gasteiger partial charge in [0.1, 0.15) is 5.60 Å². The van der Waals surface area contributed by atoms with E-state index in [2.05, 4.69) is 0 Å². The largest absolute Gasteiger partial charge is 0.467 e. The average molecular weight is 214 g/mol. The summed E-state index contributed by atoms with van der Waals surface area (Å²) < 4.78 is 16.1. The standard InChI is InChI=1S/C11H18O4/c1-7(2)11(9(12)13-4)10(15-11)5-6-14-8(10)3/h7-8H,5-6H2,1-4H3. The molecule has 4 heteroatoms. The molecule has 0 N–H and O–H groups in total. The Morgan fingerprint density at radius 1 is 1.53 bits per heavy atom. The molecule has 0 saturated carbocycles. The first kappa shape index (κ1) is 10.9. The van der Waals surface area contributed by atoms with Gasteiger partial charge in [-0.25, -0.2) is 4.79 Å². The predicted octanol–water partition coefficient (Wildman–Crippen LogP) is 1.13. The van der Waals surface area contributed by atoms with Crippen LogP contribution in [0.5, 0.6) is 0 Å². The Morgan fingerprint density at radius 2 is 2.20 bits per heavy atom. The summed E-state index contributed by atoms with van der Waals surface area (Å²) in [6, 6.07) is 0. The number of hydrogen-bond donors (Lipinski definition) is 0. The minimum atomic E-state index is -0.780. The van der Waals surface area contributed by atoms with Crippen molar-refractivity contribution in [1.29, 1.82) is 0 Å². The van der Waals surface area contributed by atoms with E-state index in [1.165, 1.54) is 7.11 Å². The van der Waals surface area contributed by atoms with Crippen molar-refractivity contribution in [1.82, 2.24) is 0 Å². The number of carbonyl (C=O) groups excluding carboxylic acids is 1. The quantitative estimate of drug-likeness (QED) is 0.510. The number of esters is 1. The van der Waals surface area contributed by atoms with Gasteiger partial charge in [-0.05, 0) is 12.8 Å². The van der Waals surface area contributed by atoms with Crippen LogP contribution >= 0.6 is 0 Å². The van der Waals surface area contributed by atoms with Crippen molar-refractivity contribution in [3.63, 3.8) is 0 Å². The van der Waals surface area contributed by atoms with E-state index in [1.807, 2.05) is 20.8 Å². The fraction of sp³-hybridized carbons (Fsp3) is 0.909. The van der Waals surface area contributed by atoms with Crippen LogP contribution < -0.4 is 0 Å². The van der Waals surface area contributed by atoms with Crippen LogP contribution in [0, 0.1) is 5.92 Å². The smallest absolute Gasteiger partial charge is 0.341 e. The second-order valence-electron chi connectivity index (χ2n) is 4.64. The summed E-state index contributed by atoms with van der Waals surface area (Å²) in [5.41, 5.74) is -1.22. The van der Waals surface area contributed by atoms with Crippen LogP contribution in [0.3, 0.4) is 0 Å². The predicted molar refractivity (Wildman–Crippen MR) is 53.4 cm³/mol. The van der Waals surface area contributed by atoms with Gasteiger partial charge in [0, 0.05) is 6.42 Å². The fourth-order valence-electron chi connectivity index (χ4n) is 2.82. The van der Waals surface area contributed by atoms with Crippen LogP contribution in [-0.4, -0.2) is 37.0 Å². The van der Waals surface area contributed by atoms with Gasteiger partial charge in [0.05, 0.1) is 19.8 Å². The SMILES string of the molecule is COC(=O)C1(C(C)C)OC12CCOC2C. The van der Waals surface area contributed by atoms with Crippen LogP contribution in [0.2, 0.25) is 0 Å². The molecule has 0 radical (unpaired) electrons. The molecule has 2 rings (SSSR count). The Bertz CT molecular complexity index is 288. The molecular formula is C11H18O4. The summed E-state index contributed by atoms with van der Waals surface area (Å²) in [5.74, 6) is -0.163. The van der Waals surface area contributed by atoms with Crippen LogP contribution in [0.4, 0.5) is 0 Å². The van der Waals surface area contributed by atoms with E-state index in [0.29, 0.717) is 6.61 Å². The summed E-state index contributed by atoms with van der Waals surface area (Å²) in [6.45, 7) is 6.58. The maximum Gasteiger partial charge on any atom is 0.341 e. The maximum atomic E-state index is 11.8. The number of methoxy groups -OCH3 is 1. The molecule has 3 atom stereocenters. The highest BCUT2D eigenvalue weighted by molar-refractivity contribution is 5.85. The molecule has 86 valence electrons. The molecule has 0 aliphatic carbocycles. The van der Waals surface area contributed by atoms with Crippen LogP contribution in [0.15, 0.2) is 0 Å². The molecule has 2 heterocycles. The fourth-order valence-corrected chi connectivity index (χ4v) is 2.82. The number of carbonyl (C=O) groups is 1. The summed E-state index contributed by atoms with van der Waals surface area (Å²) >= 11 is 0. The molecule has 2 saturated heterocycles. The van der Waals surface area contributed by atoms with Gasteiger partial charge in [-0.3, -0.25) is 0 Å². The third kappa shape index (κ3) is 1.12. The van der Waals surface area contributed by atoms with Gasteiger partial charge >= 0.3 is 5.97 Å². The molecule has 0 aromatic rings. The van der Waals surface area contributed by atoms with Crippen molar-refractivity contribution in [3.05, 3.63) is 0 Å². The maximum absolute atomic E-state index is 11.8. The van der Waals surface area contributed by atoms with E-state index in [9.17, 15) is 4.79 Å². The molecule has 2 aliphatic heterocycles. The van der Waals surface area contributed by atoms with Crippen molar-refractivity contribution < 1.29 is 19.0 Å². The van der Waals surface area contributed by atoms with Gasteiger partial charge in [-0.1, -0.05) is 13.8 Å².